The van der Waals surface area contributed by atoms with Crippen molar-refractivity contribution in [1.82, 2.24) is 0 Å². The molecule has 0 atom stereocenters. The fourth-order valence-electron chi connectivity index (χ4n) is 3.50. The van der Waals surface area contributed by atoms with Crippen molar-refractivity contribution in [1.29, 1.82) is 0 Å². The second-order valence-electron chi connectivity index (χ2n) is 7.48. The van der Waals surface area contributed by atoms with Crippen LogP contribution in [0.1, 0.15) is 30.5 Å². The summed E-state index contributed by atoms with van der Waals surface area (Å²) in [6.07, 6.45) is 1.42. The van der Waals surface area contributed by atoms with Gasteiger partial charge in [-0.15, -0.1) is 0 Å². The van der Waals surface area contributed by atoms with Gasteiger partial charge in [-0.05, 0) is 55.2 Å². The van der Waals surface area contributed by atoms with Crippen LogP contribution in [0.4, 0.5) is 15.8 Å². The van der Waals surface area contributed by atoms with Gasteiger partial charge in [-0.25, -0.2) is 12.8 Å². The molecule has 0 aliphatic heterocycles. The number of hydrogen-bond acceptors (Lipinski definition) is 3. The van der Waals surface area contributed by atoms with E-state index in [-0.39, 0.29) is 10.6 Å². The lowest BCUT2D eigenvalue weighted by atomic mass is 10.0. The van der Waals surface area contributed by atoms with Crippen molar-refractivity contribution in [3.8, 4) is 0 Å². The van der Waals surface area contributed by atoms with E-state index in [0.29, 0.717) is 18.5 Å². The molecule has 0 saturated carbocycles. The molecule has 5 nitrogen and oxygen atoms in total. The Labute approximate surface area is 188 Å². The van der Waals surface area contributed by atoms with Gasteiger partial charge in [0.2, 0.25) is 5.91 Å². The van der Waals surface area contributed by atoms with Crippen molar-refractivity contribution >= 4 is 27.3 Å². The number of anilines is 2. The summed E-state index contributed by atoms with van der Waals surface area (Å²) >= 11 is 0. The van der Waals surface area contributed by atoms with Crippen LogP contribution in [0.25, 0.3) is 0 Å². The standard InChI is InChI=1S/C25H27FN2O3S/c1-4-19-9-8-10-20(5-2)25(19)27-24(29)17-28(23-12-7-6-11-22(23)26)32(30,31)21-15-13-18(3)14-16-21/h6-16H,4-5,17H2,1-3H3,(H,27,29). The monoisotopic (exact) mass is 454 g/mol. The Balaban J connectivity index is 2.00. The summed E-state index contributed by atoms with van der Waals surface area (Å²) in [5.41, 5.74) is 3.31. The van der Waals surface area contributed by atoms with Gasteiger partial charge in [-0.1, -0.05) is 61.9 Å². The van der Waals surface area contributed by atoms with E-state index in [0.717, 1.165) is 21.0 Å². The van der Waals surface area contributed by atoms with Crippen molar-refractivity contribution in [2.24, 2.45) is 0 Å². The fourth-order valence-corrected chi connectivity index (χ4v) is 4.93. The highest BCUT2D eigenvalue weighted by molar-refractivity contribution is 7.92. The lowest BCUT2D eigenvalue weighted by Crippen LogP contribution is -2.39. The maximum Gasteiger partial charge on any atom is 0.264 e. The molecule has 3 rings (SSSR count). The van der Waals surface area contributed by atoms with E-state index in [1.807, 2.05) is 39.0 Å². The maximum atomic E-state index is 14.6. The largest absolute Gasteiger partial charge is 0.324 e. The summed E-state index contributed by atoms with van der Waals surface area (Å²) in [5, 5.41) is 2.87. The second-order valence-corrected chi connectivity index (χ2v) is 9.34. The minimum Gasteiger partial charge on any atom is -0.324 e. The van der Waals surface area contributed by atoms with Gasteiger partial charge >= 0.3 is 0 Å². The van der Waals surface area contributed by atoms with Crippen molar-refractivity contribution in [3.63, 3.8) is 0 Å². The lowest BCUT2D eigenvalue weighted by Gasteiger charge is -2.25. The van der Waals surface area contributed by atoms with Crippen LogP contribution in [0.5, 0.6) is 0 Å². The third-order valence-electron chi connectivity index (χ3n) is 5.28. The van der Waals surface area contributed by atoms with Gasteiger partial charge < -0.3 is 5.32 Å². The van der Waals surface area contributed by atoms with Gasteiger partial charge in [0, 0.05) is 5.69 Å². The van der Waals surface area contributed by atoms with Gasteiger partial charge in [-0.3, -0.25) is 9.10 Å². The van der Waals surface area contributed by atoms with Gasteiger partial charge in [0.25, 0.3) is 10.0 Å². The minimum atomic E-state index is -4.18. The van der Waals surface area contributed by atoms with Crippen LogP contribution in [0.3, 0.4) is 0 Å². The molecule has 0 bridgehead atoms. The predicted molar refractivity (Wildman–Crippen MR) is 126 cm³/mol. The quantitative estimate of drug-likeness (QED) is 0.515. The Bertz CT molecular complexity index is 1190. The third-order valence-corrected chi connectivity index (χ3v) is 7.05. The van der Waals surface area contributed by atoms with E-state index in [1.165, 1.54) is 36.4 Å². The molecule has 0 aliphatic rings. The van der Waals surface area contributed by atoms with Crippen LogP contribution in [0, 0.1) is 12.7 Å². The third kappa shape index (κ3) is 4.99. The Morgan fingerprint density at radius 2 is 1.50 bits per heavy atom. The molecule has 7 heteroatoms. The predicted octanol–water partition coefficient (Wildman–Crippen LogP) is 5.09. The highest BCUT2D eigenvalue weighted by Crippen LogP contribution is 2.27. The van der Waals surface area contributed by atoms with Crippen LogP contribution in [0.15, 0.2) is 71.6 Å². The summed E-state index contributed by atoms with van der Waals surface area (Å²) in [5.74, 6) is -1.27. The second kappa shape index (κ2) is 9.96. The SMILES string of the molecule is CCc1cccc(CC)c1NC(=O)CN(c1ccccc1F)S(=O)(=O)c1ccc(C)cc1. The number of halogens is 1. The smallest absolute Gasteiger partial charge is 0.264 e. The number of aryl methyl sites for hydroxylation is 3. The van der Waals surface area contributed by atoms with Crippen LogP contribution in [0.2, 0.25) is 0 Å². The number of hydrogen-bond donors (Lipinski definition) is 1. The van der Waals surface area contributed by atoms with Crippen molar-refractivity contribution in [2.75, 3.05) is 16.2 Å². The Kier molecular flexibility index (Phi) is 7.30. The number of nitrogens with zero attached hydrogens (tertiary/aromatic N) is 1. The molecular weight excluding hydrogens is 427 g/mol. The molecule has 1 amide bonds. The van der Waals surface area contributed by atoms with Crippen LogP contribution < -0.4 is 9.62 Å². The molecule has 3 aromatic rings. The zero-order valence-electron chi connectivity index (χ0n) is 18.4. The van der Waals surface area contributed by atoms with Gasteiger partial charge in [0.05, 0.1) is 10.6 Å². The van der Waals surface area contributed by atoms with Gasteiger partial charge in [0.15, 0.2) is 0 Å². The summed E-state index contributed by atoms with van der Waals surface area (Å²) in [6.45, 7) is 5.25. The number of carbonyl (C=O) groups excluding carboxylic acids is 1. The van der Waals surface area contributed by atoms with E-state index >= 15 is 0 Å². The lowest BCUT2D eigenvalue weighted by molar-refractivity contribution is -0.114. The molecule has 0 aliphatic carbocycles. The van der Waals surface area contributed by atoms with Crippen LogP contribution >= 0.6 is 0 Å². The highest BCUT2D eigenvalue weighted by atomic mass is 32.2. The first-order chi connectivity index (χ1) is 15.3. The van der Waals surface area contributed by atoms with Gasteiger partial charge in [0.1, 0.15) is 12.4 Å². The first kappa shape index (κ1) is 23.5. The van der Waals surface area contributed by atoms with E-state index in [9.17, 15) is 17.6 Å². The molecule has 0 aromatic heterocycles. The van der Waals surface area contributed by atoms with E-state index in [2.05, 4.69) is 5.32 Å². The molecule has 0 radical (unpaired) electrons. The first-order valence-electron chi connectivity index (χ1n) is 10.5. The first-order valence-corrected chi connectivity index (χ1v) is 12.0. The number of nitrogens with one attached hydrogen (secondary N) is 1. The number of sulfonamides is 1. The van der Waals surface area contributed by atoms with E-state index < -0.39 is 28.3 Å². The Morgan fingerprint density at radius 1 is 0.906 bits per heavy atom. The Morgan fingerprint density at radius 3 is 2.06 bits per heavy atom. The highest BCUT2D eigenvalue weighted by Gasteiger charge is 2.29. The zero-order valence-corrected chi connectivity index (χ0v) is 19.2. The summed E-state index contributed by atoms with van der Waals surface area (Å²) in [4.78, 5) is 13.0. The van der Waals surface area contributed by atoms with Crippen LogP contribution in [-0.4, -0.2) is 20.9 Å². The molecule has 0 fully saturated rings. The number of rotatable bonds is 8. The molecule has 0 unspecified atom stereocenters. The van der Waals surface area contributed by atoms with E-state index in [1.54, 1.807) is 12.1 Å². The van der Waals surface area contributed by atoms with Gasteiger partial charge in [-0.2, -0.15) is 0 Å². The number of carbonyl (C=O) groups is 1. The average molecular weight is 455 g/mol. The topological polar surface area (TPSA) is 66.5 Å². The molecule has 0 saturated heterocycles. The molecule has 0 spiro atoms. The van der Waals surface area contributed by atoms with Crippen molar-refractivity contribution in [3.05, 3.63) is 89.2 Å². The molecular formula is C25H27FN2O3S. The van der Waals surface area contributed by atoms with E-state index in [4.69, 9.17) is 0 Å². The Hall–Kier alpha value is -3.19. The summed E-state index contributed by atoms with van der Waals surface area (Å²) < 4.78 is 42.3. The molecule has 168 valence electrons. The minimum absolute atomic E-state index is 0.0117. The number of benzene rings is 3. The molecule has 1 N–H and O–H groups in total. The molecule has 32 heavy (non-hydrogen) atoms. The average Bonchev–Trinajstić information content (AvgIpc) is 2.78. The normalized spacial score (nSPS) is 11.2. The zero-order chi connectivity index (χ0) is 23.3. The maximum absolute atomic E-state index is 14.6. The molecule has 0 heterocycles. The van der Waals surface area contributed by atoms with Crippen molar-refractivity contribution in [2.45, 2.75) is 38.5 Å². The number of amides is 1. The fraction of sp³-hybridized carbons (Fsp3) is 0.240. The summed E-state index contributed by atoms with van der Waals surface area (Å²) in [7, 11) is -4.18. The van der Waals surface area contributed by atoms with Crippen molar-refractivity contribution < 1.29 is 17.6 Å². The number of para-hydroxylation sites is 2. The van der Waals surface area contributed by atoms with Crippen LogP contribution in [-0.2, 0) is 27.7 Å². The summed E-state index contributed by atoms with van der Waals surface area (Å²) in [6, 6.07) is 17.6. The molecule has 3 aromatic carbocycles.